The zero-order valence-corrected chi connectivity index (χ0v) is 13.7. The Labute approximate surface area is 132 Å². The number of ketones is 1. The fourth-order valence-electron chi connectivity index (χ4n) is 2.63. The Bertz CT molecular complexity index is 430. The summed E-state index contributed by atoms with van der Waals surface area (Å²) in [5.74, 6) is -1.64. The Kier molecular flexibility index (Phi) is 7.85. The normalized spacial score (nSPS) is 20.8. The van der Waals surface area contributed by atoms with Crippen LogP contribution < -0.4 is 5.32 Å². The van der Waals surface area contributed by atoms with Crippen LogP contribution in [0.25, 0.3) is 0 Å². The van der Waals surface area contributed by atoms with Crippen molar-refractivity contribution in [3.05, 3.63) is 12.2 Å². The maximum absolute atomic E-state index is 12.1. The SMILES string of the molecule is C=C1C(=O)O[C@@H](CCCCCCCC)[C@@H]1C(=O)NCC(C)=O. The van der Waals surface area contributed by atoms with Gasteiger partial charge in [0.05, 0.1) is 6.54 Å². The van der Waals surface area contributed by atoms with Crippen LogP contribution >= 0.6 is 0 Å². The number of nitrogens with one attached hydrogen (secondary N) is 1. The summed E-state index contributed by atoms with van der Waals surface area (Å²) in [6.45, 7) is 7.21. The summed E-state index contributed by atoms with van der Waals surface area (Å²) >= 11 is 0. The van der Waals surface area contributed by atoms with E-state index in [-0.39, 0.29) is 23.8 Å². The Balaban J connectivity index is 2.45. The van der Waals surface area contributed by atoms with Gasteiger partial charge in [0.2, 0.25) is 5.91 Å². The fourth-order valence-corrected chi connectivity index (χ4v) is 2.63. The smallest absolute Gasteiger partial charge is 0.334 e. The molecule has 124 valence electrons. The summed E-state index contributed by atoms with van der Waals surface area (Å²) in [5, 5.41) is 2.54. The van der Waals surface area contributed by atoms with Crippen molar-refractivity contribution in [2.24, 2.45) is 5.92 Å². The van der Waals surface area contributed by atoms with E-state index in [1.54, 1.807) is 0 Å². The van der Waals surface area contributed by atoms with Gasteiger partial charge in [-0.1, -0.05) is 45.6 Å². The van der Waals surface area contributed by atoms with Crippen LogP contribution in [0.4, 0.5) is 0 Å². The molecule has 0 aliphatic carbocycles. The summed E-state index contributed by atoms with van der Waals surface area (Å²) in [6, 6.07) is 0. The van der Waals surface area contributed by atoms with Crippen molar-refractivity contribution < 1.29 is 19.1 Å². The van der Waals surface area contributed by atoms with E-state index in [0.29, 0.717) is 6.42 Å². The predicted molar refractivity (Wildman–Crippen MR) is 84.2 cm³/mol. The Morgan fingerprint density at radius 3 is 2.45 bits per heavy atom. The molecule has 22 heavy (non-hydrogen) atoms. The third-order valence-electron chi connectivity index (χ3n) is 3.90. The van der Waals surface area contributed by atoms with E-state index in [9.17, 15) is 14.4 Å². The van der Waals surface area contributed by atoms with Crippen LogP contribution in [0, 0.1) is 5.92 Å². The molecule has 1 saturated heterocycles. The molecule has 0 spiro atoms. The number of ether oxygens (including phenoxy) is 1. The van der Waals surface area contributed by atoms with E-state index in [1.165, 1.54) is 26.2 Å². The number of rotatable bonds is 10. The molecule has 5 nitrogen and oxygen atoms in total. The average molecular weight is 309 g/mol. The minimum atomic E-state index is -0.664. The zero-order valence-electron chi connectivity index (χ0n) is 13.7. The number of cyclic esters (lactones) is 1. The maximum Gasteiger partial charge on any atom is 0.334 e. The molecule has 0 saturated carbocycles. The van der Waals surface area contributed by atoms with Crippen molar-refractivity contribution in [2.45, 2.75) is 64.9 Å². The third-order valence-corrected chi connectivity index (χ3v) is 3.90. The van der Waals surface area contributed by atoms with Crippen molar-refractivity contribution in [3.8, 4) is 0 Å². The minimum Gasteiger partial charge on any atom is -0.458 e. The number of carbonyl (C=O) groups is 3. The summed E-state index contributed by atoms with van der Waals surface area (Å²) in [7, 11) is 0. The molecule has 1 heterocycles. The van der Waals surface area contributed by atoms with Crippen LogP contribution in [-0.4, -0.2) is 30.3 Å². The van der Waals surface area contributed by atoms with E-state index in [4.69, 9.17) is 4.74 Å². The highest BCUT2D eigenvalue weighted by molar-refractivity contribution is 6.00. The highest BCUT2D eigenvalue weighted by atomic mass is 16.6. The molecular weight excluding hydrogens is 282 g/mol. The van der Waals surface area contributed by atoms with Crippen LogP contribution in [0.1, 0.15) is 58.8 Å². The van der Waals surface area contributed by atoms with Gasteiger partial charge in [-0.15, -0.1) is 0 Å². The lowest BCUT2D eigenvalue weighted by Gasteiger charge is -2.17. The van der Waals surface area contributed by atoms with Gasteiger partial charge in [0.15, 0.2) is 0 Å². The molecule has 1 amide bonds. The van der Waals surface area contributed by atoms with Gasteiger partial charge >= 0.3 is 5.97 Å². The molecule has 1 aliphatic rings. The van der Waals surface area contributed by atoms with E-state index in [1.807, 2.05) is 0 Å². The maximum atomic E-state index is 12.1. The lowest BCUT2D eigenvalue weighted by Crippen LogP contribution is -2.38. The first-order valence-corrected chi connectivity index (χ1v) is 8.14. The quantitative estimate of drug-likeness (QED) is 0.382. The second-order valence-corrected chi connectivity index (χ2v) is 5.92. The lowest BCUT2D eigenvalue weighted by atomic mass is 9.92. The number of Topliss-reactive ketones (excluding diaryl/α,β-unsaturated/α-hetero) is 1. The van der Waals surface area contributed by atoms with Gasteiger partial charge in [0, 0.05) is 5.57 Å². The number of unbranched alkanes of at least 4 members (excludes halogenated alkanes) is 5. The van der Waals surface area contributed by atoms with E-state index < -0.39 is 18.0 Å². The van der Waals surface area contributed by atoms with Crippen LogP contribution in [-0.2, 0) is 19.1 Å². The van der Waals surface area contributed by atoms with Crippen molar-refractivity contribution in [3.63, 3.8) is 0 Å². The van der Waals surface area contributed by atoms with E-state index in [2.05, 4.69) is 18.8 Å². The van der Waals surface area contributed by atoms with Gasteiger partial charge in [-0.05, 0) is 19.8 Å². The van der Waals surface area contributed by atoms with Gasteiger partial charge < -0.3 is 10.1 Å². The molecule has 1 aliphatic heterocycles. The lowest BCUT2D eigenvalue weighted by molar-refractivity contribution is -0.140. The molecule has 5 heteroatoms. The Morgan fingerprint density at radius 2 is 1.82 bits per heavy atom. The molecule has 0 unspecified atom stereocenters. The molecule has 0 radical (unpaired) electrons. The topological polar surface area (TPSA) is 72.5 Å². The molecule has 0 bridgehead atoms. The molecule has 0 aromatic carbocycles. The summed E-state index contributed by atoms with van der Waals surface area (Å²) < 4.78 is 5.26. The number of esters is 1. The Hall–Kier alpha value is -1.65. The standard InChI is InChI=1S/C17H27NO4/c1-4-5-6-7-8-9-10-14-15(13(3)17(21)22-14)16(20)18-11-12(2)19/h14-15H,3-11H2,1-2H3,(H,18,20)/t14-,15+/m0/s1. The number of hydrogen-bond acceptors (Lipinski definition) is 4. The highest BCUT2D eigenvalue weighted by Crippen LogP contribution is 2.30. The van der Waals surface area contributed by atoms with Gasteiger partial charge in [-0.2, -0.15) is 0 Å². The molecule has 1 fully saturated rings. The molecule has 1 rings (SSSR count). The first-order chi connectivity index (χ1) is 10.5. The molecular formula is C17H27NO4. The number of hydrogen-bond donors (Lipinski definition) is 1. The Morgan fingerprint density at radius 1 is 1.18 bits per heavy atom. The second kappa shape index (κ2) is 9.38. The number of carbonyl (C=O) groups excluding carboxylic acids is 3. The fraction of sp³-hybridized carbons (Fsp3) is 0.706. The zero-order chi connectivity index (χ0) is 16.5. The van der Waals surface area contributed by atoms with Crippen molar-refractivity contribution in [1.29, 1.82) is 0 Å². The third kappa shape index (κ3) is 5.62. The van der Waals surface area contributed by atoms with Gasteiger partial charge in [0.25, 0.3) is 0 Å². The average Bonchev–Trinajstić information content (AvgIpc) is 2.75. The summed E-state index contributed by atoms with van der Waals surface area (Å²) in [5.41, 5.74) is 0.192. The monoisotopic (exact) mass is 309 g/mol. The van der Waals surface area contributed by atoms with Crippen LogP contribution in [0.15, 0.2) is 12.2 Å². The van der Waals surface area contributed by atoms with Crippen LogP contribution in [0.2, 0.25) is 0 Å². The summed E-state index contributed by atoms with van der Waals surface area (Å²) in [6.07, 6.45) is 7.04. The van der Waals surface area contributed by atoms with Crippen molar-refractivity contribution in [2.75, 3.05) is 6.54 Å². The largest absolute Gasteiger partial charge is 0.458 e. The molecule has 1 N–H and O–H groups in total. The van der Waals surface area contributed by atoms with E-state index in [0.717, 1.165) is 19.3 Å². The summed E-state index contributed by atoms with van der Waals surface area (Å²) in [4.78, 5) is 34.7. The minimum absolute atomic E-state index is 0.0272. The first kappa shape index (κ1) is 18.4. The first-order valence-electron chi connectivity index (χ1n) is 8.14. The highest BCUT2D eigenvalue weighted by Gasteiger charge is 2.42. The van der Waals surface area contributed by atoms with Crippen LogP contribution in [0.5, 0.6) is 0 Å². The van der Waals surface area contributed by atoms with Gasteiger partial charge in [-0.25, -0.2) is 4.79 Å². The molecule has 0 aromatic heterocycles. The number of amides is 1. The molecule has 2 atom stereocenters. The second-order valence-electron chi connectivity index (χ2n) is 5.92. The predicted octanol–water partition coefficient (Wildman–Crippen LogP) is 2.54. The van der Waals surface area contributed by atoms with E-state index >= 15 is 0 Å². The van der Waals surface area contributed by atoms with Gasteiger partial charge in [-0.3, -0.25) is 9.59 Å². The van der Waals surface area contributed by atoms with Gasteiger partial charge in [0.1, 0.15) is 17.8 Å². The van der Waals surface area contributed by atoms with Crippen molar-refractivity contribution >= 4 is 17.7 Å². The van der Waals surface area contributed by atoms with Crippen LogP contribution in [0.3, 0.4) is 0 Å². The molecule has 0 aromatic rings. The van der Waals surface area contributed by atoms with Crippen molar-refractivity contribution in [1.82, 2.24) is 5.32 Å².